The smallest absolute Gasteiger partial charge is 0.270 e. The fourth-order valence-electron chi connectivity index (χ4n) is 4.27. The number of anilines is 2. The molecule has 166 valence electrons. The van der Waals surface area contributed by atoms with E-state index in [1.807, 2.05) is 0 Å². The summed E-state index contributed by atoms with van der Waals surface area (Å²) in [5.41, 5.74) is 0.462. The summed E-state index contributed by atoms with van der Waals surface area (Å²) in [6.07, 6.45) is -1.23. The number of aromatic hydroxyl groups is 1. The SMILES string of the molecule is O=C1[C@H]2[C@@H](c3cc([N+](=O)[O-])ccc3O)N(c3ccccc3)O[C@H]2C(=O)N1c1ccc(F)cc1. The Labute approximate surface area is 186 Å². The van der Waals surface area contributed by atoms with E-state index in [9.17, 15) is 29.2 Å². The van der Waals surface area contributed by atoms with Gasteiger partial charge in [0.1, 0.15) is 23.5 Å². The van der Waals surface area contributed by atoms with Crippen LogP contribution in [-0.2, 0) is 14.4 Å². The average Bonchev–Trinajstić information content (AvgIpc) is 3.31. The van der Waals surface area contributed by atoms with Crippen molar-refractivity contribution in [1.29, 1.82) is 0 Å². The van der Waals surface area contributed by atoms with E-state index in [4.69, 9.17) is 4.84 Å². The molecule has 10 heteroatoms. The number of nitrogens with zero attached hydrogens (tertiary/aromatic N) is 3. The second kappa shape index (κ2) is 7.68. The van der Waals surface area contributed by atoms with E-state index in [2.05, 4.69) is 0 Å². The van der Waals surface area contributed by atoms with Crippen molar-refractivity contribution in [2.24, 2.45) is 5.92 Å². The summed E-state index contributed by atoms with van der Waals surface area (Å²) in [6, 6.07) is 15.9. The molecule has 0 radical (unpaired) electrons. The number of carbonyl (C=O) groups is 2. The van der Waals surface area contributed by atoms with Crippen LogP contribution in [0.15, 0.2) is 72.8 Å². The third-order valence-corrected chi connectivity index (χ3v) is 5.75. The maximum atomic E-state index is 13.5. The highest BCUT2D eigenvalue weighted by molar-refractivity contribution is 6.23. The number of benzene rings is 3. The summed E-state index contributed by atoms with van der Waals surface area (Å²) in [6.45, 7) is 0. The van der Waals surface area contributed by atoms with Gasteiger partial charge in [-0.1, -0.05) is 18.2 Å². The van der Waals surface area contributed by atoms with Gasteiger partial charge in [0.05, 0.1) is 16.3 Å². The summed E-state index contributed by atoms with van der Waals surface area (Å²) in [7, 11) is 0. The number of para-hydroxylation sites is 1. The van der Waals surface area contributed by atoms with Crippen LogP contribution in [0.5, 0.6) is 5.75 Å². The molecular weight excluding hydrogens is 433 g/mol. The molecule has 0 aromatic heterocycles. The molecule has 2 saturated heterocycles. The van der Waals surface area contributed by atoms with Crippen LogP contribution in [0.2, 0.25) is 0 Å². The second-order valence-corrected chi connectivity index (χ2v) is 7.65. The van der Waals surface area contributed by atoms with Gasteiger partial charge in [-0.2, -0.15) is 0 Å². The van der Waals surface area contributed by atoms with E-state index in [-0.39, 0.29) is 22.7 Å². The first-order valence-electron chi connectivity index (χ1n) is 9.98. The number of fused-ring (bicyclic) bond motifs is 1. The molecule has 0 spiro atoms. The molecule has 2 heterocycles. The van der Waals surface area contributed by atoms with Gasteiger partial charge in [-0.25, -0.2) is 14.4 Å². The summed E-state index contributed by atoms with van der Waals surface area (Å²) in [5, 5.41) is 23.3. The molecule has 1 N–H and O–H groups in total. The van der Waals surface area contributed by atoms with Gasteiger partial charge in [0.15, 0.2) is 6.10 Å². The van der Waals surface area contributed by atoms with Crippen molar-refractivity contribution in [2.75, 3.05) is 9.96 Å². The van der Waals surface area contributed by atoms with Gasteiger partial charge in [0, 0.05) is 17.7 Å². The fourth-order valence-corrected chi connectivity index (χ4v) is 4.27. The first-order valence-corrected chi connectivity index (χ1v) is 9.98. The molecule has 3 aromatic carbocycles. The minimum absolute atomic E-state index is 0.0719. The number of nitro groups is 1. The largest absolute Gasteiger partial charge is 0.508 e. The van der Waals surface area contributed by atoms with Crippen molar-refractivity contribution < 1.29 is 28.8 Å². The molecular formula is C23H16FN3O6. The Hall–Kier alpha value is -4.31. The number of phenols is 1. The Morgan fingerprint density at radius 3 is 2.30 bits per heavy atom. The van der Waals surface area contributed by atoms with Crippen LogP contribution in [0.25, 0.3) is 0 Å². The number of hydroxylamine groups is 1. The third-order valence-electron chi connectivity index (χ3n) is 5.75. The zero-order valence-electron chi connectivity index (χ0n) is 16.9. The molecule has 3 atom stereocenters. The average molecular weight is 449 g/mol. The molecule has 2 fully saturated rings. The first-order chi connectivity index (χ1) is 15.9. The molecule has 0 unspecified atom stereocenters. The number of hydrogen-bond acceptors (Lipinski definition) is 7. The minimum atomic E-state index is -1.23. The number of non-ortho nitro benzene ring substituents is 1. The Balaban J connectivity index is 1.63. The maximum Gasteiger partial charge on any atom is 0.270 e. The van der Waals surface area contributed by atoms with E-state index < -0.39 is 40.6 Å². The Kier molecular flexibility index (Phi) is 4.79. The van der Waals surface area contributed by atoms with Crippen molar-refractivity contribution in [3.63, 3.8) is 0 Å². The standard InChI is InChI=1S/C23H16FN3O6/c24-13-6-8-14(9-7-13)25-22(29)19-20(17-12-16(27(31)32)10-11-18(17)28)26(33-21(19)23(25)30)15-4-2-1-3-5-15/h1-12,19-21,28H/t19-,20+,21+/m0/s1. The Morgan fingerprint density at radius 2 is 1.64 bits per heavy atom. The predicted octanol–water partition coefficient (Wildman–Crippen LogP) is 3.49. The molecule has 0 bridgehead atoms. The van der Waals surface area contributed by atoms with Crippen LogP contribution in [0.1, 0.15) is 11.6 Å². The van der Waals surface area contributed by atoms with Crippen LogP contribution < -0.4 is 9.96 Å². The van der Waals surface area contributed by atoms with Gasteiger partial charge >= 0.3 is 0 Å². The van der Waals surface area contributed by atoms with Crippen molar-refractivity contribution in [3.8, 4) is 5.75 Å². The second-order valence-electron chi connectivity index (χ2n) is 7.65. The van der Waals surface area contributed by atoms with E-state index in [0.29, 0.717) is 5.69 Å². The maximum absolute atomic E-state index is 13.5. The number of nitro benzene ring substituents is 1. The van der Waals surface area contributed by atoms with Gasteiger partial charge in [-0.15, -0.1) is 0 Å². The van der Waals surface area contributed by atoms with Crippen molar-refractivity contribution in [2.45, 2.75) is 12.1 Å². The van der Waals surface area contributed by atoms with Gasteiger partial charge in [0.25, 0.3) is 11.6 Å². The number of hydrogen-bond donors (Lipinski definition) is 1. The van der Waals surface area contributed by atoms with Crippen LogP contribution in [0.4, 0.5) is 21.5 Å². The third kappa shape index (κ3) is 3.28. The predicted molar refractivity (Wildman–Crippen MR) is 114 cm³/mol. The summed E-state index contributed by atoms with van der Waals surface area (Å²) < 4.78 is 13.4. The number of phenolic OH excluding ortho intramolecular Hbond substituents is 1. The lowest BCUT2D eigenvalue weighted by Crippen LogP contribution is -2.37. The number of halogens is 1. The lowest BCUT2D eigenvalue weighted by Gasteiger charge is -2.29. The molecule has 0 saturated carbocycles. The molecule has 2 amide bonds. The number of amides is 2. The van der Waals surface area contributed by atoms with Gasteiger partial charge in [-0.05, 0) is 42.5 Å². The quantitative estimate of drug-likeness (QED) is 0.369. The van der Waals surface area contributed by atoms with E-state index in [0.717, 1.165) is 23.1 Å². The molecule has 5 rings (SSSR count). The number of imide groups is 1. The van der Waals surface area contributed by atoms with Crippen molar-refractivity contribution in [3.05, 3.63) is 94.3 Å². The highest BCUT2D eigenvalue weighted by Crippen LogP contribution is 2.49. The molecule has 9 nitrogen and oxygen atoms in total. The van der Waals surface area contributed by atoms with Crippen molar-refractivity contribution in [1.82, 2.24) is 0 Å². The fraction of sp³-hybridized carbons (Fsp3) is 0.130. The first kappa shape index (κ1) is 20.6. The van der Waals surface area contributed by atoms with Gasteiger partial charge in [0.2, 0.25) is 5.91 Å². The molecule has 2 aliphatic rings. The monoisotopic (exact) mass is 449 g/mol. The normalized spacial score (nSPS) is 22.0. The van der Waals surface area contributed by atoms with Crippen LogP contribution in [-0.4, -0.2) is 27.9 Å². The Bertz CT molecular complexity index is 1270. The van der Waals surface area contributed by atoms with E-state index in [1.54, 1.807) is 30.3 Å². The van der Waals surface area contributed by atoms with E-state index in [1.165, 1.54) is 29.3 Å². The Morgan fingerprint density at radius 1 is 0.939 bits per heavy atom. The van der Waals surface area contributed by atoms with E-state index >= 15 is 0 Å². The molecule has 3 aromatic rings. The number of rotatable bonds is 4. The van der Waals surface area contributed by atoms with Crippen LogP contribution in [0, 0.1) is 21.8 Å². The highest BCUT2D eigenvalue weighted by Gasteiger charge is 2.60. The topological polar surface area (TPSA) is 113 Å². The zero-order valence-corrected chi connectivity index (χ0v) is 16.9. The molecule has 0 aliphatic carbocycles. The molecule has 33 heavy (non-hydrogen) atoms. The zero-order chi connectivity index (χ0) is 23.3. The van der Waals surface area contributed by atoms with Crippen molar-refractivity contribution >= 4 is 28.9 Å². The summed E-state index contributed by atoms with van der Waals surface area (Å²) >= 11 is 0. The number of carbonyl (C=O) groups excluding carboxylic acids is 2. The lowest BCUT2D eigenvalue weighted by molar-refractivity contribution is -0.385. The minimum Gasteiger partial charge on any atom is -0.508 e. The summed E-state index contributed by atoms with van der Waals surface area (Å²) in [5.74, 6) is -3.17. The lowest BCUT2D eigenvalue weighted by atomic mass is 9.89. The van der Waals surface area contributed by atoms with Gasteiger partial charge < -0.3 is 5.11 Å². The molecule has 2 aliphatic heterocycles. The van der Waals surface area contributed by atoms with Gasteiger partial charge in [-0.3, -0.25) is 24.5 Å². The van der Waals surface area contributed by atoms with Crippen LogP contribution >= 0.6 is 0 Å². The highest BCUT2D eigenvalue weighted by atomic mass is 19.1. The summed E-state index contributed by atoms with van der Waals surface area (Å²) in [4.78, 5) is 44.2. The van der Waals surface area contributed by atoms with Crippen LogP contribution in [0.3, 0.4) is 0 Å².